The van der Waals surface area contributed by atoms with Crippen LogP contribution in [0.15, 0.2) is 75.6 Å². The van der Waals surface area contributed by atoms with E-state index in [-0.39, 0.29) is 12.3 Å². The molecule has 8 heteroatoms. The molecule has 4 aromatic rings. The topological polar surface area (TPSA) is 59.5 Å². The van der Waals surface area contributed by atoms with Crippen LogP contribution in [0.5, 0.6) is 0 Å². The quantitative estimate of drug-likeness (QED) is 0.285. The van der Waals surface area contributed by atoms with Crippen LogP contribution in [0, 0.1) is 6.92 Å². The molecule has 0 bridgehead atoms. The minimum absolute atomic E-state index is 0.178. The van der Waals surface area contributed by atoms with E-state index in [4.69, 9.17) is 10.2 Å². The number of halogens is 4. The number of hydrogen-bond acceptors (Lipinski definition) is 3. The Labute approximate surface area is 203 Å². The van der Waals surface area contributed by atoms with Crippen molar-refractivity contribution in [3.05, 3.63) is 105 Å². The van der Waals surface area contributed by atoms with E-state index in [2.05, 4.69) is 15.9 Å². The number of nitrogens with two attached hydrogens (primary N) is 1. The molecular weight excluding hydrogens is 509 g/mol. The highest BCUT2D eigenvalue weighted by Gasteiger charge is 2.34. The van der Waals surface area contributed by atoms with E-state index >= 15 is 0 Å². The largest absolute Gasteiger partial charge is 0.455 e. The van der Waals surface area contributed by atoms with Crippen LogP contribution in [0.3, 0.4) is 0 Å². The van der Waals surface area contributed by atoms with Gasteiger partial charge in [-0.3, -0.25) is 9.69 Å². The molecule has 0 aliphatic heterocycles. The third-order valence-corrected chi connectivity index (χ3v) is 6.20. The first-order valence-corrected chi connectivity index (χ1v) is 11.3. The summed E-state index contributed by atoms with van der Waals surface area (Å²) >= 11 is 3.42. The van der Waals surface area contributed by atoms with Gasteiger partial charge >= 0.3 is 6.18 Å². The van der Waals surface area contributed by atoms with Crippen molar-refractivity contribution in [3.8, 4) is 0 Å². The van der Waals surface area contributed by atoms with Crippen LogP contribution in [-0.2, 0) is 25.8 Å². The van der Waals surface area contributed by atoms with Crippen LogP contribution in [0.4, 0.5) is 13.2 Å². The molecule has 1 aromatic heterocycles. The summed E-state index contributed by atoms with van der Waals surface area (Å²) in [5, 5.41) is 1.83. The molecule has 2 N–H and O–H groups in total. The number of alkyl halides is 3. The number of furan rings is 1. The second-order valence-electron chi connectivity index (χ2n) is 8.20. The number of primary amides is 1. The molecule has 3 aromatic carbocycles. The predicted molar refractivity (Wildman–Crippen MR) is 128 cm³/mol. The van der Waals surface area contributed by atoms with Crippen molar-refractivity contribution in [1.29, 1.82) is 0 Å². The van der Waals surface area contributed by atoms with Crippen molar-refractivity contribution in [3.63, 3.8) is 0 Å². The number of nitrogens with zero attached hydrogens (tertiary/aromatic N) is 1. The van der Waals surface area contributed by atoms with Gasteiger partial charge in [0.25, 0.3) is 0 Å². The number of aryl methyl sites for hydroxylation is 1. The van der Waals surface area contributed by atoms with Crippen LogP contribution < -0.4 is 5.73 Å². The lowest BCUT2D eigenvalue weighted by Crippen LogP contribution is -2.23. The molecule has 1 amide bonds. The average Bonchev–Trinajstić information content (AvgIpc) is 3.26. The van der Waals surface area contributed by atoms with Crippen LogP contribution in [-0.4, -0.2) is 10.8 Å². The monoisotopic (exact) mass is 530 g/mol. The third-order valence-electron chi connectivity index (χ3n) is 5.67. The molecule has 1 heterocycles. The lowest BCUT2D eigenvalue weighted by atomic mass is 9.97. The third kappa shape index (κ3) is 5.51. The zero-order valence-corrected chi connectivity index (χ0v) is 19.9. The highest BCUT2D eigenvalue weighted by Crippen LogP contribution is 2.32. The molecule has 0 aliphatic rings. The Balaban J connectivity index is 1.71. The number of rotatable bonds is 7. The molecule has 0 radical (unpaired) electrons. The molecule has 0 spiro atoms. The molecular formula is C26H22BrF3N2O2. The summed E-state index contributed by atoms with van der Waals surface area (Å²) in [7, 11) is 0. The lowest BCUT2D eigenvalue weighted by molar-refractivity contribution is -0.153. The van der Waals surface area contributed by atoms with Gasteiger partial charge in [-0.2, -0.15) is 13.2 Å². The first kappa shape index (κ1) is 24.0. The molecule has 176 valence electrons. The minimum atomic E-state index is -4.54. The van der Waals surface area contributed by atoms with E-state index in [1.807, 2.05) is 54.3 Å². The normalized spacial score (nSPS) is 11.9. The van der Waals surface area contributed by atoms with Gasteiger partial charge in [-0.1, -0.05) is 46.3 Å². The molecule has 0 aliphatic carbocycles. The van der Waals surface area contributed by atoms with Gasteiger partial charge in [-0.15, -0.1) is 0 Å². The average molecular weight is 531 g/mol. The zero-order chi connectivity index (χ0) is 24.5. The van der Waals surface area contributed by atoms with Crippen molar-refractivity contribution in [2.45, 2.75) is 32.7 Å². The van der Waals surface area contributed by atoms with Crippen LogP contribution in [0.2, 0.25) is 0 Å². The van der Waals surface area contributed by atoms with Crippen molar-refractivity contribution in [2.24, 2.45) is 5.73 Å². The van der Waals surface area contributed by atoms with E-state index in [0.717, 1.165) is 38.0 Å². The summed E-state index contributed by atoms with van der Waals surface area (Å²) in [5.74, 6) is -1.31. The van der Waals surface area contributed by atoms with Gasteiger partial charge in [0.05, 0.1) is 6.54 Å². The van der Waals surface area contributed by atoms with Gasteiger partial charge in [-0.25, -0.2) is 0 Å². The fraction of sp³-hybridized carbons (Fsp3) is 0.192. The summed E-state index contributed by atoms with van der Waals surface area (Å²) < 4.78 is 45.2. The second kappa shape index (κ2) is 9.64. The molecule has 0 saturated carbocycles. The van der Waals surface area contributed by atoms with Crippen molar-refractivity contribution in [1.82, 2.24) is 4.90 Å². The lowest BCUT2D eigenvalue weighted by Gasteiger charge is -2.24. The van der Waals surface area contributed by atoms with Crippen molar-refractivity contribution < 1.29 is 22.4 Å². The summed E-state index contributed by atoms with van der Waals surface area (Å²) in [6.07, 6.45) is -4.54. The molecule has 34 heavy (non-hydrogen) atoms. The maximum atomic E-state index is 13.1. The molecule has 0 fully saturated rings. The Bertz CT molecular complexity index is 1330. The SMILES string of the molecule is Cc1ccc2ccc(C(N)=O)cc2c1CN(Cc1ccc(Br)cc1)Cc1ccc(C(F)(F)F)o1. The summed E-state index contributed by atoms with van der Waals surface area (Å²) in [6.45, 7) is 3.07. The first-order valence-electron chi connectivity index (χ1n) is 10.5. The molecule has 0 saturated heterocycles. The Kier molecular flexibility index (Phi) is 6.81. The number of carbonyl (C=O) groups is 1. The van der Waals surface area contributed by atoms with Gasteiger partial charge in [0, 0.05) is 23.1 Å². The summed E-state index contributed by atoms with van der Waals surface area (Å²) in [6, 6.07) is 19.3. The van der Waals surface area contributed by atoms with E-state index in [0.29, 0.717) is 18.7 Å². The Morgan fingerprint density at radius 2 is 1.68 bits per heavy atom. The highest BCUT2D eigenvalue weighted by molar-refractivity contribution is 9.10. The van der Waals surface area contributed by atoms with E-state index < -0.39 is 17.8 Å². The van der Waals surface area contributed by atoms with Crippen molar-refractivity contribution in [2.75, 3.05) is 0 Å². The van der Waals surface area contributed by atoms with Crippen LogP contribution >= 0.6 is 15.9 Å². The Morgan fingerprint density at radius 1 is 0.971 bits per heavy atom. The van der Waals surface area contributed by atoms with E-state index in [9.17, 15) is 18.0 Å². The maximum absolute atomic E-state index is 13.1. The Morgan fingerprint density at radius 3 is 2.32 bits per heavy atom. The van der Waals surface area contributed by atoms with Crippen LogP contribution in [0.25, 0.3) is 10.8 Å². The van der Waals surface area contributed by atoms with Gasteiger partial charge in [0.15, 0.2) is 0 Å². The number of benzene rings is 3. The van der Waals surface area contributed by atoms with Crippen LogP contribution in [0.1, 0.15) is 38.6 Å². The highest BCUT2D eigenvalue weighted by atomic mass is 79.9. The Hall–Kier alpha value is -3.10. The predicted octanol–water partition coefficient (Wildman–Crippen LogP) is 6.82. The zero-order valence-electron chi connectivity index (χ0n) is 18.3. The fourth-order valence-corrected chi connectivity index (χ4v) is 4.19. The summed E-state index contributed by atoms with van der Waals surface area (Å²) in [4.78, 5) is 13.8. The molecule has 0 unspecified atom stereocenters. The smallest absolute Gasteiger partial charge is 0.449 e. The molecule has 4 rings (SSSR count). The first-order chi connectivity index (χ1) is 16.1. The number of amides is 1. The van der Waals surface area contributed by atoms with E-state index in [1.165, 1.54) is 6.07 Å². The van der Waals surface area contributed by atoms with Gasteiger partial charge in [0.1, 0.15) is 5.76 Å². The van der Waals surface area contributed by atoms with Crippen molar-refractivity contribution >= 4 is 32.6 Å². The fourth-order valence-electron chi connectivity index (χ4n) is 3.93. The minimum Gasteiger partial charge on any atom is -0.455 e. The van der Waals surface area contributed by atoms with E-state index in [1.54, 1.807) is 12.1 Å². The maximum Gasteiger partial charge on any atom is 0.449 e. The second-order valence-corrected chi connectivity index (χ2v) is 9.11. The summed E-state index contributed by atoms with van der Waals surface area (Å²) in [5.41, 5.74) is 8.87. The van der Waals surface area contributed by atoms with Gasteiger partial charge in [-0.05, 0) is 70.8 Å². The standard InChI is InChI=1S/C26H22BrF3N2O2/c1-16-2-5-18-6-7-19(25(31)33)12-22(18)23(16)15-32(13-17-3-8-20(27)9-4-17)14-21-10-11-24(34-21)26(28,29)30/h2-12H,13-15H2,1H3,(H2,31,33). The van der Waals surface area contributed by atoms with Gasteiger partial charge < -0.3 is 10.2 Å². The molecule has 0 atom stereocenters. The number of fused-ring (bicyclic) bond motifs is 1. The number of hydrogen-bond donors (Lipinski definition) is 1. The van der Waals surface area contributed by atoms with Gasteiger partial charge in [0.2, 0.25) is 11.7 Å². The number of carbonyl (C=O) groups excluding carboxylic acids is 1. The molecule has 4 nitrogen and oxygen atoms in total.